The van der Waals surface area contributed by atoms with Gasteiger partial charge < -0.3 is 10.5 Å². The Balaban J connectivity index is 3.07. The van der Waals surface area contributed by atoms with Crippen LogP contribution in [0.3, 0.4) is 0 Å². The first kappa shape index (κ1) is 6.93. The minimum Gasteiger partial charge on any atom is -0.493 e. The molecule has 0 unspecified atom stereocenters. The molecular weight excluding hydrogens is 127 g/mol. The average molecular weight is 134 g/mol. The van der Waals surface area contributed by atoms with E-state index in [-0.39, 0.29) is 0 Å². The Hall–Kier alpha value is -1.19. The molecule has 0 bridgehead atoms. The van der Waals surface area contributed by atoms with Gasteiger partial charge in [-0.25, -0.2) is 0 Å². The summed E-state index contributed by atoms with van der Waals surface area (Å²) in [7, 11) is 6.87. The second-order valence-corrected chi connectivity index (χ2v) is 1.85. The number of pyridine rings is 1. The van der Waals surface area contributed by atoms with Crippen LogP contribution in [-0.2, 0) is 0 Å². The van der Waals surface area contributed by atoms with Crippen molar-refractivity contribution in [1.82, 2.24) is 4.98 Å². The van der Waals surface area contributed by atoms with Gasteiger partial charge in [-0.1, -0.05) is 0 Å². The zero-order valence-electron chi connectivity index (χ0n) is 5.66. The quantitative estimate of drug-likeness (QED) is 0.525. The van der Waals surface area contributed by atoms with E-state index in [0.717, 1.165) is 0 Å². The van der Waals surface area contributed by atoms with Crippen molar-refractivity contribution in [3.8, 4) is 5.75 Å². The summed E-state index contributed by atoms with van der Waals surface area (Å²) in [6, 6.07) is 1.55. The van der Waals surface area contributed by atoms with Gasteiger partial charge in [-0.3, -0.25) is 4.98 Å². The highest BCUT2D eigenvalue weighted by molar-refractivity contribution is 6.30. The van der Waals surface area contributed by atoms with Crippen molar-refractivity contribution in [1.29, 1.82) is 0 Å². The molecule has 1 rings (SSSR count). The number of nitrogens with zero attached hydrogens (tertiary/aromatic N) is 1. The number of hydrogen-bond donors (Lipinski definition) is 1. The molecule has 2 N–H and O–H groups in total. The minimum absolute atomic E-state index is 0.401. The predicted molar refractivity (Wildman–Crippen MR) is 40.6 cm³/mol. The first-order valence-electron chi connectivity index (χ1n) is 2.79. The second kappa shape index (κ2) is 2.60. The van der Waals surface area contributed by atoms with Crippen molar-refractivity contribution in [2.24, 2.45) is 0 Å². The van der Waals surface area contributed by atoms with Crippen molar-refractivity contribution in [2.45, 2.75) is 0 Å². The lowest BCUT2D eigenvalue weighted by Crippen LogP contribution is -2.09. The molecule has 0 saturated heterocycles. The summed E-state index contributed by atoms with van der Waals surface area (Å²) in [5.74, 6) is 0.550. The Labute approximate surface area is 60.6 Å². The maximum absolute atomic E-state index is 5.49. The normalized spacial score (nSPS) is 9.30. The zero-order chi connectivity index (χ0) is 7.56. The SMILES string of the molecule is [B]c1cc(N)c(OC)cn1. The predicted octanol–water partition coefficient (Wildman–Crippen LogP) is -0.534. The summed E-state index contributed by atoms with van der Waals surface area (Å²) in [5.41, 5.74) is 6.40. The summed E-state index contributed by atoms with van der Waals surface area (Å²) in [5, 5.41) is 0. The molecule has 50 valence electrons. The molecule has 1 aromatic heterocycles. The van der Waals surface area contributed by atoms with Gasteiger partial charge in [0.25, 0.3) is 0 Å². The van der Waals surface area contributed by atoms with Crippen molar-refractivity contribution >= 4 is 19.1 Å². The Morgan fingerprint density at radius 1 is 1.70 bits per heavy atom. The van der Waals surface area contributed by atoms with Crippen molar-refractivity contribution < 1.29 is 4.74 Å². The third-order valence-electron chi connectivity index (χ3n) is 1.14. The van der Waals surface area contributed by atoms with E-state index in [2.05, 4.69) is 4.98 Å². The van der Waals surface area contributed by atoms with E-state index in [9.17, 15) is 0 Å². The molecule has 0 aliphatic rings. The van der Waals surface area contributed by atoms with Crippen molar-refractivity contribution in [2.75, 3.05) is 12.8 Å². The molecule has 3 nitrogen and oxygen atoms in total. The Morgan fingerprint density at radius 3 is 2.90 bits per heavy atom. The number of aromatic nitrogens is 1. The van der Waals surface area contributed by atoms with Crippen molar-refractivity contribution in [3.63, 3.8) is 0 Å². The van der Waals surface area contributed by atoms with E-state index >= 15 is 0 Å². The van der Waals surface area contributed by atoms with Gasteiger partial charge in [0.2, 0.25) is 0 Å². The summed E-state index contributed by atoms with van der Waals surface area (Å²) in [4.78, 5) is 3.78. The fraction of sp³-hybridized carbons (Fsp3) is 0.167. The van der Waals surface area contributed by atoms with E-state index in [1.807, 2.05) is 0 Å². The molecule has 0 aliphatic carbocycles. The summed E-state index contributed by atoms with van der Waals surface area (Å²) in [6.45, 7) is 0. The van der Waals surface area contributed by atoms with Crippen LogP contribution in [0.2, 0.25) is 0 Å². The topological polar surface area (TPSA) is 48.1 Å². The summed E-state index contributed by atoms with van der Waals surface area (Å²) >= 11 is 0. The van der Waals surface area contributed by atoms with Gasteiger partial charge in [-0.2, -0.15) is 0 Å². The van der Waals surface area contributed by atoms with Crippen LogP contribution in [0, 0.1) is 0 Å². The smallest absolute Gasteiger partial charge is 0.159 e. The number of ether oxygens (including phenoxy) is 1. The highest BCUT2D eigenvalue weighted by Gasteiger charge is 1.96. The summed E-state index contributed by atoms with van der Waals surface area (Å²) < 4.78 is 4.86. The first-order valence-corrected chi connectivity index (χ1v) is 2.79. The number of rotatable bonds is 1. The van der Waals surface area contributed by atoms with Crippen LogP contribution in [0.15, 0.2) is 12.3 Å². The van der Waals surface area contributed by atoms with E-state index in [0.29, 0.717) is 17.0 Å². The Morgan fingerprint density at radius 2 is 2.40 bits per heavy atom. The fourth-order valence-electron chi connectivity index (χ4n) is 0.646. The van der Waals surface area contributed by atoms with Gasteiger partial charge in [-0.15, -0.1) is 0 Å². The third-order valence-corrected chi connectivity index (χ3v) is 1.14. The maximum Gasteiger partial charge on any atom is 0.159 e. The van der Waals surface area contributed by atoms with Crippen LogP contribution in [0.25, 0.3) is 0 Å². The number of anilines is 1. The molecule has 2 radical (unpaired) electrons. The molecule has 0 saturated carbocycles. The first-order chi connectivity index (χ1) is 4.74. The third kappa shape index (κ3) is 1.21. The van der Waals surface area contributed by atoms with Gasteiger partial charge in [0, 0.05) is 0 Å². The zero-order valence-corrected chi connectivity index (χ0v) is 5.66. The highest BCUT2D eigenvalue weighted by atomic mass is 16.5. The molecule has 0 atom stereocenters. The standard InChI is InChI=1S/C6H7BN2O/c1-10-5-3-9-6(7)2-4(5)8/h2-3H,1H3,(H2,8,9). The van der Waals surface area contributed by atoms with Gasteiger partial charge in [0.15, 0.2) is 5.75 Å². The second-order valence-electron chi connectivity index (χ2n) is 1.85. The lowest BCUT2D eigenvalue weighted by Gasteiger charge is -2.02. The van der Waals surface area contributed by atoms with Crippen LogP contribution in [0.5, 0.6) is 5.75 Å². The lowest BCUT2D eigenvalue weighted by molar-refractivity contribution is 0.415. The molecule has 10 heavy (non-hydrogen) atoms. The van der Waals surface area contributed by atoms with E-state index in [1.54, 1.807) is 6.07 Å². The number of hydrogen-bond acceptors (Lipinski definition) is 3. The van der Waals surface area contributed by atoms with E-state index < -0.39 is 0 Å². The number of nitrogens with two attached hydrogens (primary N) is 1. The largest absolute Gasteiger partial charge is 0.493 e. The monoisotopic (exact) mass is 134 g/mol. The van der Waals surface area contributed by atoms with Crippen LogP contribution < -0.4 is 16.1 Å². The number of methoxy groups -OCH3 is 1. The molecule has 1 heterocycles. The highest BCUT2D eigenvalue weighted by Crippen LogP contribution is 2.15. The average Bonchev–Trinajstić information content (AvgIpc) is 1.88. The Bertz CT molecular complexity index is 239. The van der Waals surface area contributed by atoms with Crippen LogP contribution in [-0.4, -0.2) is 19.9 Å². The maximum atomic E-state index is 5.49. The van der Waals surface area contributed by atoms with Gasteiger partial charge in [0.1, 0.15) is 7.85 Å². The number of nitrogen functional groups attached to an aromatic ring is 1. The lowest BCUT2D eigenvalue weighted by atomic mass is 10.0. The minimum atomic E-state index is 0.401. The molecule has 4 heteroatoms. The molecular formula is C6H7BN2O. The van der Waals surface area contributed by atoms with Gasteiger partial charge in [0.05, 0.1) is 19.0 Å². The van der Waals surface area contributed by atoms with Gasteiger partial charge in [-0.05, 0) is 11.7 Å². The van der Waals surface area contributed by atoms with Crippen LogP contribution in [0.4, 0.5) is 5.69 Å². The van der Waals surface area contributed by atoms with Gasteiger partial charge >= 0.3 is 0 Å². The molecule has 0 spiro atoms. The summed E-state index contributed by atoms with van der Waals surface area (Å²) in [6.07, 6.45) is 1.49. The Kier molecular flexibility index (Phi) is 1.80. The molecule has 1 aromatic rings. The molecule has 0 amide bonds. The fourth-order valence-corrected chi connectivity index (χ4v) is 0.646. The van der Waals surface area contributed by atoms with Crippen molar-refractivity contribution in [3.05, 3.63) is 12.3 Å². The molecule has 0 fully saturated rings. The molecule has 0 aliphatic heterocycles. The molecule has 0 aromatic carbocycles. The van der Waals surface area contributed by atoms with E-state index in [1.165, 1.54) is 13.3 Å². The van der Waals surface area contributed by atoms with Crippen LogP contribution in [0.1, 0.15) is 0 Å². The van der Waals surface area contributed by atoms with E-state index in [4.69, 9.17) is 18.3 Å². The van der Waals surface area contributed by atoms with Crippen LogP contribution >= 0.6 is 0 Å².